The molecule has 13 heavy (non-hydrogen) atoms. The van der Waals surface area contributed by atoms with Gasteiger partial charge in [-0.3, -0.25) is 0 Å². The van der Waals surface area contributed by atoms with Crippen molar-refractivity contribution in [1.82, 2.24) is 0 Å². The van der Waals surface area contributed by atoms with Gasteiger partial charge in [-0.15, -0.1) is 0 Å². The summed E-state index contributed by atoms with van der Waals surface area (Å²) in [6, 6.07) is 0. The van der Waals surface area contributed by atoms with Gasteiger partial charge in [0.1, 0.15) is 0 Å². The van der Waals surface area contributed by atoms with Gasteiger partial charge in [0.15, 0.2) is 0 Å². The molecule has 0 aliphatic heterocycles. The molecule has 0 spiro atoms. The van der Waals surface area contributed by atoms with E-state index in [9.17, 15) is 0 Å². The smallest absolute Gasteiger partial charge is 1.00 e. The molecule has 0 bridgehead atoms. The van der Waals surface area contributed by atoms with E-state index in [1.807, 2.05) is 0 Å². The molecular weight excluding hydrogens is 178 g/mol. The van der Waals surface area contributed by atoms with Crippen LogP contribution in [0.3, 0.4) is 0 Å². The van der Waals surface area contributed by atoms with Crippen molar-refractivity contribution in [3.8, 4) is 0 Å². The summed E-state index contributed by atoms with van der Waals surface area (Å²) < 4.78 is 0. The minimum atomic E-state index is 0. The van der Waals surface area contributed by atoms with E-state index in [1.54, 1.807) is 0 Å². The molecule has 0 saturated carbocycles. The molecule has 0 amide bonds. The van der Waals surface area contributed by atoms with Crippen LogP contribution in [0.4, 0.5) is 0 Å². The molecule has 0 radical (unpaired) electrons. The maximum absolute atomic E-state index is 2.25. The van der Waals surface area contributed by atoms with E-state index in [-0.39, 0.29) is 4.70 Å². The molecule has 0 heterocycles. The van der Waals surface area contributed by atoms with Crippen LogP contribution in [-0.2, 0) is 0 Å². The zero-order chi connectivity index (χ0) is 9.66. The van der Waals surface area contributed by atoms with Crippen molar-refractivity contribution in [2.45, 2.75) is 70.4 Å². The van der Waals surface area contributed by atoms with Crippen LogP contribution in [0.5, 0.6) is 0 Å². The number of hydrogen-bond acceptors (Lipinski definition) is 0. The summed E-state index contributed by atoms with van der Waals surface area (Å²) in [4.78, 5) is 0. The van der Waals surface area contributed by atoms with Crippen molar-refractivity contribution in [1.29, 1.82) is 0 Å². The summed E-state index contributed by atoms with van der Waals surface area (Å²) in [6.07, 6.45) is 7.01. The van der Waals surface area contributed by atoms with Gasteiger partial charge in [-0.25, -0.2) is 0 Å². The van der Waals surface area contributed by atoms with Gasteiger partial charge in [0.05, 0.1) is 0 Å². The van der Waals surface area contributed by atoms with Crippen molar-refractivity contribution in [3.63, 3.8) is 0 Å². The fraction of sp³-hybridized carbons (Fsp3) is 1.00. The average molecular weight is 204 g/mol. The van der Waals surface area contributed by atoms with Crippen LogP contribution in [0.1, 0.15) is 59.8 Å². The molecule has 0 aliphatic rings. The third kappa shape index (κ3) is 32.7. The third-order valence-electron chi connectivity index (χ3n) is 1.78. The Morgan fingerprint density at radius 2 is 1.08 bits per heavy atom. The normalized spacial score (nSPS) is 7.69. The van der Waals surface area contributed by atoms with Crippen LogP contribution in [0.15, 0.2) is 0 Å². The molecule has 0 N–H and O–H groups in total. The summed E-state index contributed by atoms with van der Waals surface area (Å²) in [5, 5.41) is 2.85. The van der Waals surface area contributed by atoms with Gasteiger partial charge in [-0.05, 0) is 0 Å². The van der Waals surface area contributed by atoms with Crippen molar-refractivity contribution in [3.05, 3.63) is 0 Å². The molecule has 0 unspecified atom stereocenters. The Labute approximate surface area is 90.6 Å². The number of hydrogen-bond donors (Lipinski definition) is 0. The summed E-state index contributed by atoms with van der Waals surface area (Å²) in [5.74, 6) is 0. The monoisotopic (exact) mass is 204 g/mol. The zero-order valence-electron chi connectivity index (χ0n) is 9.91. The molecule has 80 valence electrons. The Balaban J connectivity index is -0.000000150. The Morgan fingerprint density at radius 1 is 0.692 bits per heavy atom. The van der Waals surface area contributed by atoms with Crippen LogP contribution < -0.4 is 4.70 Å². The summed E-state index contributed by atoms with van der Waals surface area (Å²) >= 11 is 0.815. The van der Waals surface area contributed by atoms with E-state index >= 15 is 0 Å². The molecule has 0 aromatic heterocycles. The van der Waals surface area contributed by atoms with Gasteiger partial charge in [0.2, 0.25) is 0 Å². The van der Waals surface area contributed by atoms with E-state index in [2.05, 4.69) is 27.7 Å². The van der Waals surface area contributed by atoms with E-state index in [0.29, 0.717) is 0 Å². The minimum absolute atomic E-state index is 0. The standard InChI is InChI=1S/C7H16.2C2H5.Al.FH/c1-3-5-7-6-4-2;2*1-2;;/h3-7H2,1-2H3;2*1H2,2H3;;1H/q;;;+1;/p-1. The van der Waals surface area contributed by atoms with Crippen LogP contribution in [0.25, 0.3) is 0 Å². The van der Waals surface area contributed by atoms with Crippen LogP contribution >= 0.6 is 0 Å². The molecule has 0 rings (SSSR count). The predicted octanol–water partition coefficient (Wildman–Crippen LogP) is 1.55. The maximum atomic E-state index is 2.25. The fourth-order valence-corrected chi connectivity index (χ4v) is 1.54. The SMILES string of the molecule is CCCCCCC.C[CH2][Al+][CH2]C.[F-]. The first-order chi connectivity index (χ1) is 5.83. The second-order valence-electron chi connectivity index (χ2n) is 3.17. The van der Waals surface area contributed by atoms with Gasteiger partial charge in [-0.2, -0.15) is 0 Å². The summed E-state index contributed by atoms with van der Waals surface area (Å²) in [5.41, 5.74) is 0. The molecule has 0 aromatic carbocycles. The van der Waals surface area contributed by atoms with Crippen molar-refractivity contribution >= 4 is 15.2 Å². The maximum Gasteiger partial charge on any atom is -1.00 e. The first-order valence-corrected chi connectivity index (χ1v) is 7.28. The van der Waals surface area contributed by atoms with Crippen LogP contribution in [0.2, 0.25) is 10.6 Å². The summed E-state index contributed by atoms with van der Waals surface area (Å²) in [6.45, 7) is 8.99. The van der Waals surface area contributed by atoms with E-state index in [4.69, 9.17) is 0 Å². The van der Waals surface area contributed by atoms with E-state index in [1.165, 1.54) is 42.7 Å². The average Bonchev–Trinajstić information content (AvgIpc) is 2.08. The van der Waals surface area contributed by atoms with E-state index in [0.717, 1.165) is 15.2 Å². The Hall–Kier alpha value is 0.462. The second kappa shape index (κ2) is 22.9. The first kappa shape index (κ1) is 19.1. The number of halogens is 1. The quantitative estimate of drug-likeness (QED) is 0.455. The molecule has 0 aliphatic carbocycles. The molecular formula is C11H26AlF. The zero-order valence-corrected chi connectivity index (χ0v) is 11.1. The fourth-order valence-electron chi connectivity index (χ4n) is 0.965. The topological polar surface area (TPSA) is 0 Å². The van der Waals surface area contributed by atoms with Crippen molar-refractivity contribution < 1.29 is 4.70 Å². The Bertz CT molecular complexity index is 52.1. The molecule has 0 atom stereocenters. The molecule has 2 heteroatoms. The first-order valence-electron chi connectivity index (χ1n) is 5.64. The minimum Gasteiger partial charge on any atom is -1.00 e. The second-order valence-corrected chi connectivity index (χ2v) is 5.38. The largest absolute Gasteiger partial charge is 1.00 e. The van der Waals surface area contributed by atoms with Crippen molar-refractivity contribution in [2.24, 2.45) is 0 Å². The third-order valence-corrected chi connectivity index (χ3v) is 2.94. The molecule has 0 saturated heterocycles. The Kier molecular flexibility index (Phi) is 33.6. The van der Waals surface area contributed by atoms with Crippen molar-refractivity contribution in [2.75, 3.05) is 0 Å². The summed E-state index contributed by atoms with van der Waals surface area (Å²) in [7, 11) is 0. The predicted molar refractivity (Wildman–Crippen MR) is 61.1 cm³/mol. The van der Waals surface area contributed by atoms with E-state index < -0.39 is 0 Å². The molecule has 0 aromatic rings. The number of unbranched alkanes of at least 4 members (excludes halogenated alkanes) is 4. The Morgan fingerprint density at radius 3 is 1.23 bits per heavy atom. The van der Waals surface area contributed by atoms with Gasteiger partial charge < -0.3 is 4.70 Å². The molecule has 0 fully saturated rings. The van der Waals surface area contributed by atoms with Gasteiger partial charge >= 0.3 is 39.6 Å². The number of rotatable bonds is 6. The van der Waals surface area contributed by atoms with Gasteiger partial charge in [0, 0.05) is 0 Å². The van der Waals surface area contributed by atoms with Gasteiger partial charge in [-0.1, -0.05) is 46.0 Å². The van der Waals surface area contributed by atoms with Crippen LogP contribution in [-0.4, -0.2) is 15.2 Å². The molecule has 0 nitrogen and oxygen atoms in total. The van der Waals surface area contributed by atoms with Gasteiger partial charge in [0.25, 0.3) is 0 Å². The van der Waals surface area contributed by atoms with Crippen LogP contribution in [0, 0.1) is 0 Å².